The van der Waals surface area contributed by atoms with Crippen LogP contribution in [0.5, 0.6) is 0 Å². The van der Waals surface area contributed by atoms with Gasteiger partial charge in [0.25, 0.3) is 0 Å². The summed E-state index contributed by atoms with van der Waals surface area (Å²) < 4.78 is 26.4. The second-order valence-electron chi connectivity index (χ2n) is 6.06. The highest BCUT2D eigenvalue weighted by molar-refractivity contribution is 8.03. The Labute approximate surface area is 164 Å². The minimum absolute atomic E-state index is 0.0636. The normalized spacial score (nSPS) is 16.3. The number of halogens is 2. The molecule has 0 saturated carbocycles. The summed E-state index contributed by atoms with van der Waals surface area (Å²) in [6, 6.07) is 13.2. The number of anilines is 1. The molecule has 8 heteroatoms. The second kappa shape index (κ2) is 8.67. The number of nitriles is 1. The van der Waals surface area contributed by atoms with Crippen LogP contribution < -0.4 is 10.6 Å². The van der Waals surface area contributed by atoms with Gasteiger partial charge in [0.15, 0.2) is 0 Å². The lowest BCUT2D eigenvalue weighted by molar-refractivity contribution is -0.121. The molecule has 0 bridgehead atoms. The number of rotatable bonds is 5. The summed E-state index contributed by atoms with van der Waals surface area (Å²) in [5.41, 5.74) is 1.28. The van der Waals surface area contributed by atoms with Gasteiger partial charge in [-0.05, 0) is 35.9 Å². The average Bonchev–Trinajstić information content (AvgIpc) is 2.66. The van der Waals surface area contributed by atoms with E-state index in [1.807, 2.05) is 0 Å². The molecule has 2 N–H and O–H groups in total. The molecule has 2 amide bonds. The van der Waals surface area contributed by atoms with Crippen molar-refractivity contribution in [1.29, 1.82) is 5.26 Å². The third-order valence-electron chi connectivity index (χ3n) is 4.08. The lowest BCUT2D eigenvalue weighted by atomic mass is 9.87. The maximum atomic E-state index is 13.2. The predicted molar refractivity (Wildman–Crippen MR) is 102 cm³/mol. The SMILES string of the molecule is N#CC1=C(SCC(=O)Nc2cccc(F)c2)NC(=O)C[C@H]1c1ccc(F)cc1. The Morgan fingerprint density at radius 2 is 1.96 bits per heavy atom. The van der Waals surface area contributed by atoms with Crippen molar-refractivity contribution in [3.63, 3.8) is 0 Å². The summed E-state index contributed by atoms with van der Waals surface area (Å²) >= 11 is 1.01. The van der Waals surface area contributed by atoms with E-state index in [-0.39, 0.29) is 18.1 Å². The van der Waals surface area contributed by atoms with Crippen molar-refractivity contribution in [2.24, 2.45) is 0 Å². The van der Waals surface area contributed by atoms with E-state index in [9.17, 15) is 23.6 Å². The highest BCUT2D eigenvalue weighted by atomic mass is 32.2. The molecule has 5 nitrogen and oxygen atoms in total. The zero-order chi connectivity index (χ0) is 20.1. The van der Waals surface area contributed by atoms with Gasteiger partial charge in [0.2, 0.25) is 11.8 Å². The van der Waals surface area contributed by atoms with Gasteiger partial charge in [0, 0.05) is 18.0 Å². The Hall–Kier alpha value is -3.18. The second-order valence-corrected chi connectivity index (χ2v) is 7.04. The number of amides is 2. The maximum absolute atomic E-state index is 13.2. The van der Waals surface area contributed by atoms with Crippen LogP contribution in [0.15, 0.2) is 59.1 Å². The fourth-order valence-corrected chi connectivity index (χ4v) is 3.69. The molecule has 142 valence electrons. The summed E-state index contributed by atoms with van der Waals surface area (Å²) in [5.74, 6) is -2.15. The smallest absolute Gasteiger partial charge is 0.234 e. The standard InChI is InChI=1S/C20H15F2N3O2S/c21-13-6-4-12(5-7-13)16-9-18(26)25-20(17(16)10-23)28-11-19(27)24-15-3-1-2-14(22)8-15/h1-8,16H,9,11H2,(H,24,27)(H,25,26)/t16-/m0/s1. The van der Waals surface area contributed by atoms with Crippen LogP contribution in [0.4, 0.5) is 14.5 Å². The van der Waals surface area contributed by atoms with Crippen LogP contribution in [-0.2, 0) is 9.59 Å². The van der Waals surface area contributed by atoms with Crippen LogP contribution in [0.2, 0.25) is 0 Å². The van der Waals surface area contributed by atoms with Crippen molar-refractivity contribution in [1.82, 2.24) is 5.32 Å². The third-order valence-corrected chi connectivity index (χ3v) is 5.10. The Kier molecular flexibility index (Phi) is 6.06. The number of carbonyl (C=O) groups is 2. The van der Waals surface area contributed by atoms with Crippen molar-refractivity contribution in [3.05, 3.63) is 76.3 Å². The average molecular weight is 399 g/mol. The highest BCUT2D eigenvalue weighted by Gasteiger charge is 2.29. The Bertz CT molecular complexity index is 984. The lowest BCUT2D eigenvalue weighted by Crippen LogP contribution is -2.31. The molecule has 0 aromatic heterocycles. The summed E-state index contributed by atoms with van der Waals surface area (Å²) in [6.07, 6.45) is 0.0636. The van der Waals surface area contributed by atoms with E-state index in [0.717, 1.165) is 11.8 Å². The molecular weight excluding hydrogens is 384 g/mol. The number of carbonyl (C=O) groups excluding carboxylic acids is 2. The number of nitrogens with zero attached hydrogens (tertiary/aromatic N) is 1. The van der Waals surface area contributed by atoms with Crippen LogP contribution in [0.3, 0.4) is 0 Å². The minimum Gasteiger partial charge on any atom is -0.325 e. The van der Waals surface area contributed by atoms with E-state index in [1.54, 1.807) is 6.07 Å². The fourth-order valence-electron chi connectivity index (χ4n) is 2.81. The number of thioether (sulfide) groups is 1. The van der Waals surface area contributed by atoms with Crippen LogP contribution in [-0.4, -0.2) is 17.6 Å². The molecule has 1 heterocycles. The first-order chi connectivity index (χ1) is 13.5. The molecule has 1 aliphatic rings. The van der Waals surface area contributed by atoms with Gasteiger partial charge in [0.05, 0.1) is 22.4 Å². The van der Waals surface area contributed by atoms with Gasteiger partial charge in [-0.25, -0.2) is 8.78 Å². The molecule has 0 unspecified atom stereocenters. The first kappa shape index (κ1) is 19.6. The van der Waals surface area contributed by atoms with Gasteiger partial charge >= 0.3 is 0 Å². The molecule has 2 aromatic carbocycles. The van der Waals surface area contributed by atoms with Gasteiger partial charge in [-0.15, -0.1) is 0 Å². The summed E-state index contributed by atoms with van der Waals surface area (Å²) in [5, 5.41) is 15.0. The number of nitrogens with one attached hydrogen (secondary N) is 2. The van der Waals surface area contributed by atoms with E-state index < -0.39 is 23.5 Å². The Morgan fingerprint density at radius 1 is 1.21 bits per heavy atom. The first-order valence-corrected chi connectivity index (χ1v) is 9.32. The molecule has 0 radical (unpaired) electrons. The number of allylic oxidation sites excluding steroid dienone is 1. The van der Waals surface area contributed by atoms with Crippen LogP contribution in [0.1, 0.15) is 17.9 Å². The van der Waals surface area contributed by atoms with Crippen LogP contribution >= 0.6 is 11.8 Å². The van der Waals surface area contributed by atoms with Gasteiger partial charge in [-0.1, -0.05) is 30.0 Å². The molecule has 0 saturated heterocycles. The number of hydrogen-bond acceptors (Lipinski definition) is 4. The zero-order valence-corrected chi connectivity index (χ0v) is 15.4. The van der Waals surface area contributed by atoms with Crippen molar-refractivity contribution >= 4 is 29.3 Å². The van der Waals surface area contributed by atoms with Crippen LogP contribution in [0, 0.1) is 23.0 Å². The summed E-state index contributed by atoms with van der Waals surface area (Å²) in [6.45, 7) is 0. The molecular formula is C20H15F2N3O2S. The van der Waals surface area contributed by atoms with Crippen molar-refractivity contribution in [2.75, 3.05) is 11.1 Å². The molecule has 0 fully saturated rings. The predicted octanol–water partition coefficient (Wildman–Crippen LogP) is 3.68. The molecule has 28 heavy (non-hydrogen) atoms. The van der Waals surface area contributed by atoms with Gasteiger partial charge in [0.1, 0.15) is 11.6 Å². The quantitative estimate of drug-likeness (QED) is 0.804. The Balaban J connectivity index is 1.74. The molecule has 1 atom stereocenters. The summed E-state index contributed by atoms with van der Waals surface area (Å²) in [7, 11) is 0. The van der Waals surface area contributed by atoms with E-state index in [2.05, 4.69) is 16.7 Å². The van der Waals surface area contributed by atoms with E-state index in [4.69, 9.17) is 0 Å². The van der Waals surface area contributed by atoms with Crippen molar-refractivity contribution < 1.29 is 18.4 Å². The number of benzene rings is 2. The molecule has 0 aliphatic carbocycles. The van der Waals surface area contributed by atoms with Gasteiger partial charge in [-0.2, -0.15) is 5.26 Å². The van der Waals surface area contributed by atoms with E-state index in [0.29, 0.717) is 21.9 Å². The first-order valence-electron chi connectivity index (χ1n) is 8.34. The molecule has 3 rings (SSSR count). The van der Waals surface area contributed by atoms with Gasteiger partial charge < -0.3 is 10.6 Å². The topological polar surface area (TPSA) is 82.0 Å². The lowest BCUT2D eigenvalue weighted by Gasteiger charge is -2.25. The molecule has 0 spiro atoms. The zero-order valence-electron chi connectivity index (χ0n) is 14.5. The van der Waals surface area contributed by atoms with E-state index in [1.165, 1.54) is 42.5 Å². The molecule has 1 aliphatic heterocycles. The fraction of sp³-hybridized carbons (Fsp3) is 0.150. The van der Waals surface area contributed by atoms with Crippen molar-refractivity contribution in [3.8, 4) is 6.07 Å². The Morgan fingerprint density at radius 3 is 2.64 bits per heavy atom. The number of hydrogen-bond donors (Lipinski definition) is 2. The van der Waals surface area contributed by atoms with Crippen LogP contribution in [0.25, 0.3) is 0 Å². The third kappa shape index (κ3) is 4.75. The maximum Gasteiger partial charge on any atom is 0.234 e. The minimum atomic E-state index is -0.506. The van der Waals surface area contributed by atoms with E-state index >= 15 is 0 Å². The van der Waals surface area contributed by atoms with Crippen molar-refractivity contribution in [2.45, 2.75) is 12.3 Å². The largest absolute Gasteiger partial charge is 0.325 e. The monoisotopic (exact) mass is 399 g/mol. The summed E-state index contributed by atoms with van der Waals surface area (Å²) in [4.78, 5) is 24.2. The highest BCUT2D eigenvalue weighted by Crippen LogP contribution is 2.35. The van der Waals surface area contributed by atoms with Gasteiger partial charge in [-0.3, -0.25) is 9.59 Å². The molecule has 2 aromatic rings.